The molecule has 1 aromatic carbocycles. The summed E-state index contributed by atoms with van der Waals surface area (Å²) < 4.78 is 26.3. The van der Waals surface area contributed by atoms with Gasteiger partial charge in [0.15, 0.2) is 11.6 Å². The number of hydrogen-bond donors (Lipinski definition) is 2. The second-order valence-corrected chi connectivity index (χ2v) is 4.37. The van der Waals surface area contributed by atoms with E-state index < -0.39 is 29.1 Å². The van der Waals surface area contributed by atoms with Gasteiger partial charge in [0.2, 0.25) is 0 Å². The summed E-state index contributed by atoms with van der Waals surface area (Å²) in [5.41, 5.74) is 4.22. The van der Waals surface area contributed by atoms with Crippen molar-refractivity contribution in [2.45, 2.75) is 12.0 Å². The average Bonchev–Trinajstić information content (AvgIpc) is 2.59. The van der Waals surface area contributed by atoms with Crippen LogP contribution in [0, 0.1) is 11.6 Å². The summed E-state index contributed by atoms with van der Waals surface area (Å²) >= 11 is 0. The highest BCUT2D eigenvalue weighted by atomic mass is 19.2. The van der Waals surface area contributed by atoms with Crippen LogP contribution >= 0.6 is 0 Å². The Labute approximate surface area is 108 Å². The van der Waals surface area contributed by atoms with Crippen molar-refractivity contribution in [2.75, 3.05) is 13.6 Å². The van der Waals surface area contributed by atoms with Crippen molar-refractivity contribution >= 4 is 11.9 Å². The standard InChI is InChI=1S/C12H13F2N3O2/c1-17-10(18)12(4-5-15,16-11(17)19)7-2-3-8(13)9(14)6-7/h2-3,6H,4-5,15H2,1H3,(H,16,19). The third-order valence-corrected chi connectivity index (χ3v) is 3.23. The predicted octanol–water partition coefficient (Wildman–Crippen LogP) is 0.691. The molecule has 1 atom stereocenters. The lowest BCUT2D eigenvalue weighted by Crippen LogP contribution is -2.45. The minimum absolute atomic E-state index is 0.104. The summed E-state index contributed by atoms with van der Waals surface area (Å²) in [5, 5.41) is 2.50. The summed E-state index contributed by atoms with van der Waals surface area (Å²) in [6.07, 6.45) is 0.104. The number of nitrogens with two attached hydrogens (primary N) is 1. The SMILES string of the molecule is CN1C(=O)NC(CCN)(c2ccc(F)c(F)c2)C1=O. The maximum absolute atomic E-state index is 13.3. The van der Waals surface area contributed by atoms with Crippen LogP contribution in [0.3, 0.4) is 0 Å². The molecular formula is C12H13F2N3O2. The molecule has 5 nitrogen and oxygen atoms in total. The van der Waals surface area contributed by atoms with E-state index in [9.17, 15) is 18.4 Å². The second kappa shape index (κ2) is 4.58. The number of hydrogen-bond acceptors (Lipinski definition) is 3. The van der Waals surface area contributed by atoms with E-state index in [-0.39, 0.29) is 18.5 Å². The molecule has 2 rings (SSSR count). The van der Waals surface area contributed by atoms with E-state index in [0.717, 1.165) is 17.0 Å². The molecule has 19 heavy (non-hydrogen) atoms. The number of halogens is 2. The second-order valence-electron chi connectivity index (χ2n) is 4.37. The number of likely N-dealkylation sites (N-methyl/N-ethyl adjacent to an activating group) is 1. The fourth-order valence-corrected chi connectivity index (χ4v) is 2.19. The fourth-order valence-electron chi connectivity index (χ4n) is 2.19. The van der Waals surface area contributed by atoms with Crippen LogP contribution in [-0.2, 0) is 10.3 Å². The zero-order valence-electron chi connectivity index (χ0n) is 10.2. The van der Waals surface area contributed by atoms with Gasteiger partial charge in [-0.2, -0.15) is 0 Å². The van der Waals surface area contributed by atoms with Crippen LogP contribution < -0.4 is 11.1 Å². The highest BCUT2D eigenvalue weighted by molar-refractivity contribution is 6.07. The number of imide groups is 1. The van der Waals surface area contributed by atoms with Crippen molar-refractivity contribution in [3.63, 3.8) is 0 Å². The lowest BCUT2D eigenvalue weighted by atomic mass is 9.86. The van der Waals surface area contributed by atoms with Crippen LogP contribution in [0.25, 0.3) is 0 Å². The minimum atomic E-state index is -1.42. The maximum Gasteiger partial charge on any atom is 0.325 e. The molecule has 1 aliphatic heterocycles. The molecule has 1 aliphatic rings. The third kappa shape index (κ3) is 1.95. The Morgan fingerprint density at radius 2 is 2.00 bits per heavy atom. The van der Waals surface area contributed by atoms with Gasteiger partial charge in [0.25, 0.3) is 5.91 Å². The largest absolute Gasteiger partial charge is 0.330 e. The first-order valence-electron chi connectivity index (χ1n) is 5.68. The average molecular weight is 269 g/mol. The molecule has 1 fully saturated rings. The number of rotatable bonds is 3. The molecule has 0 radical (unpaired) electrons. The summed E-state index contributed by atoms with van der Waals surface area (Å²) in [7, 11) is 1.32. The molecule has 0 aromatic heterocycles. The Balaban J connectivity index is 2.54. The Bertz CT molecular complexity index is 550. The first kappa shape index (κ1) is 13.4. The number of nitrogens with one attached hydrogen (secondary N) is 1. The Morgan fingerprint density at radius 1 is 1.32 bits per heavy atom. The lowest BCUT2D eigenvalue weighted by Gasteiger charge is -2.26. The van der Waals surface area contributed by atoms with Crippen molar-refractivity contribution in [2.24, 2.45) is 5.73 Å². The maximum atomic E-state index is 13.3. The van der Waals surface area contributed by atoms with E-state index in [1.807, 2.05) is 0 Å². The van der Waals surface area contributed by atoms with E-state index in [0.29, 0.717) is 0 Å². The number of carbonyl (C=O) groups is 2. The van der Waals surface area contributed by atoms with Crippen LogP contribution in [-0.4, -0.2) is 30.4 Å². The van der Waals surface area contributed by atoms with Gasteiger partial charge in [0.05, 0.1) is 0 Å². The summed E-state index contributed by atoms with van der Waals surface area (Å²) in [6, 6.07) is 2.50. The van der Waals surface area contributed by atoms with Gasteiger partial charge >= 0.3 is 6.03 Å². The van der Waals surface area contributed by atoms with Gasteiger partial charge in [0, 0.05) is 7.05 Å². The molecule has 1 saturated heterocycles. The number of amides is 3. The highest BCUT2D eigenvalue weighted by Gasteiger charge is 2.50. The molecule has 0 bridgehead atoms. The fraction of sp³-hybridized carbons (Fsp3) is 0.333. The summed E-state index contributed by atoms with van der Waals surface area (Å²) in [4.78, 5) is 24.7. The lowest BCUT2D eigenvalue weighted by molar-refractivity contribution is -0.130. The minimum Gasteiger partial charge on any atom is -0.330 e. The Morgan fingerprint density at radius 3 is 2.47 bits per heavy atom. The van der Waals surface area contributed by atoms with E-state index in [1.165, 1.54) is 13.1 Å². The van der Waals surface area contributed by atoms with Gasteiger partial charge in [-0.3, -0.25) is 9.69 Å². The quantitative estimate of drug-likeness (QED) is 0.793. The molecule has 3 N–H and O–H groups in total. The number of nitrogens with zero attached hydrogens (tertiary/aromatic N) is 1. The molecule has 3 amide bonds. The van der Waals surface area contributed by atoms with Gasteiger partial charge in [-0.15, -0.1) is 0 Å². The van der Waals surface area contributed by atoms with Crippen LogP contribution in [0.2, 0.25) is 0 Å². The van der Waals surface area contributed by atoms with E-state index in [4.69, 9.17) is 5.73 Å². The van der Waals surface area contributed by atoms with Crippen molar-refractivity contribution in [1.82, 2.24) is 10.2 Å². The topological polar surface area (TPSA) is 75.4 Å². The van der Waals surface area contributed by atoms with Gasteiger partial charge in [-0.05, 0) is 30.7 Å². The molecule has 0 saturated carbocycles. The van der Waals surface area contributed by atoms with Gasteiger partial charge in [0.1, 0.15) is 5.54 Å². The Kier molecular flexibility index (Phi) is 3.23. The van der Waals surface area contributed by atoms with Crippen LogP contribution in [0.15, 0.2) is 18.2 Å². The van der Waals surface area contributed by atoms with Crippen molar-refractivity contribution in [1.29, 1.82) is 0 Å². The van der Waals surface area contributed by atoms with E-state index in [2.05, 4.69) is 5.32 Å². The van der Waals surface area contributed by atoms with Gasteiger partial charge in [-0.25, -0.2) is 13.6 Å². The summed E-state index contributed by atoms with van der Waals surface area (Å²) in [6.45, 7) is 0.110. The molecule has 1 heterocycles. The predicted molar refractivity (Wildman–Crippen MR) is 63.0 cm³/mol. The van der Waals surface area contributed by atoms with Crippen molar-refractivity contribution < 1.29 is 18.4 Å². The van der Waals surface area contributed by atoms with Gasteiger partial charge in [-0.1, -0.05) is 6.07 Å². The third-order valence-electron chi connectivity index (χ3n) is 3.23. The number of urea groups is 1. The summed E-state index contributed by atoms with van der Waals surface area (Å²) in [5.74, 6) is -2.63. The first-order valence-corrected chi connectivity index (χ1v) is 5.68. The molecule has 7 heteroatoms. The van der Waals surface area contributed by atoms with Crippen molar-refractivity contribution in [3.05, 3.63) is 35.4 Å². The molecule has 102 valence electrons. The van der Waals surface area contributed by atoms with E-state index in [1.54, 1.807) is 0 Å². The molecular weight excluding hydrogens is 256 g/mol. The van der Waals surface area contributed by atoms with E-state index >= 15 is 0 Å². The molecule has 1 aromatic rings. The monoisotopic (exact) mass is 269 g/mol. The van der Waals surface area contributed by atoms with Gasteiger partial charge < -0.3 is 11.1 Å². The normalized spacial score (nSPS) is 22.8. The first-order chi connectivity index (χ1) is 8.92. The zero-order chi connectivity index (χ0) is 14.2. The molecule has 1 unspecified atom stereocenters. The number of carbonyl (C=O) groups excluding carboxylic acids is 2. The number of benzene rings is 1. The molecule has 0 aliphatic carbocycles. The smallest absolute Gasteiger partial charge is 0.325 e. The van der Waals surface area contributed by atoms with Crippen LogP contribution in [0.1, 0.15) is 12.0 Å². The highest BCUT2D eigenvalue weighted by Crippen LogP contribution is 2.32. The van der Waals surface area contributed by atoms with Crippen molar-refractivity contribution in [3.8, 4) is 0 Å². The van der Waals surface area contributed by atoms with Crippen LogP contribution in [0.4, 0.5) is 13.6 Å². The zero-order valence-corrected chi connectivity index (χ0v) is 10.2. The Hall–Kier alpha value is -2.02. The van der Waals surface area contributed by atoms with Crippen LogP contribution in [0.5, 0.6) is 0 Å². The molecule has 0 spiro atoms.